The zero-order valence-electron chi connectivity index (χ0n) is 9.54. The van der Waals surface area contributed by atoms with Gasteiger partial charge in [0.05, 0.1) is 0 Å². The summed E-state index contributed by atoms with van der Waals surface area (Å²) in [6.45, 7) is 2.10. The van der Waals surface area contributed by atoms with Crippen LogP contribution < -0.4 is 51.4 Å². The molecule has 0 rings (SSSR count). The molecule has 0 N–H and O–H groups in total. The molecule has 6 heteroatoms. The molecule has 1 unspecified atom stereocenters. The second-order valence-electron chi connectivity index (χ2n) is 3.46. The van der Waals surface area contributed by atoms with Crippen molar-refractivity contribution in [3.63, 3.8) is 0 Å². The van der Waals surface area contributed by atoms with Gasteiger partial charge in [-0.15, -0.1) is 0 Å². The summed E-state index contributed by atoms with van der Waals surface area (Å²) in [4.78, 5) is 0. The summed E-state index contributed by atoms with van der Waals surface area (Å²) in [7, 11) is -4.72. The molecule has 0 fully saturated rings. The van der Waals surface area contributed by atoms with Gasteiger partial charge in [-0.1, -0.05) is 39.0 Å². The van der Waals surface area contributed by atoms with Crippen molar-refractivity contribution < 1.29 is 68.7 Å². The molecule has 0 saturated heterocycles. The van der Waals surface area contributed by atoms with Crippen molar-refractivity contribution in [2.45, 2.75) is 57.4 Å². The zero-order chi connectivity index (χ0) is 11.0. The van der Waals surface area contributed by atoms with Gasteiger partial charge in [0, 0.05) is 0 Å². The minimum absolute atomic E-state index is 0. The summed E-state index contributed by atoms with van der Waals surface area (Å²) in [6.07, 6.45) is 5.50. The summed E-state index contributed by atoms with van der Waals surface area (Å²) in [5.74, 6) is 0. The molecule has 0 aromatic heterocycles. The van der Waals surface area contributed by atoms with Crippen LogP contribution in [0.4, 0.5) is 4.39 Å². The van der Waals surface area contributed by atoms with Gasteiger partial charge >= 0.3 is 51.4 Å². The summed E-state index contributed by atoms with van der Waals surface area (Å²) < 4.78 is 43.1. The third-order valence-corrected chi connectivity index (χ3v) is 2.96. The average molecular weight is 264 g/mol. The van der Waals surface area contributed by atoms with Crippen molar-refractivity contribution in [2.24, 2.45) is 0 Å². The summed E-state index contributed by atoms with van der Waals surface area (Å²) in [5.41, 5.74) is -2.21. The molecule has 0 aliphatic heterocycles. The monoisotopic (exact) mass is 264 g/mol. The largest absolute Gasteiger partial charge is 1.00 e. The van der Waals surface area contributed by atoms with E-state index in [4.69, 9.17) is 0 Å². The number of halogens is 1. The number of alkyl halides is 1. The van der Waals surface area contributed by atoms with Crippen LogP contribution in [-0.4, -0.2) is 18.5 Å². The Kier molecular flexibility index (Phi) is 13.3. The third-order valence-electron chi connectivity index (χ3n) is 2.10. The van der Waals surface area contributed by atoms with Gasteiger partial charge in [0.1, 0.15) is 10.1 Å². The SMILES string of the molecule is CCCCCCCCC(F)S(=O)(=O)[O-].[K+]. The van der Waals surface area contributed by atoms with Gasteiger partial charge in [0.2, 0.25) is 0 Å². The van der Waals surface area contributed by atoms with Gasteiger partial charge in [-0.2, -0.15) is 0 Å². The van der Waals surface area contributed by atoms with E-state index in [-0.39, 0.29) is 57.8 Å². The first-order chi connectivity index (χ1) is 6.48. The molecule has 0 aliphatic carbocycles. The van der Waals surface area contributed by atoms with Crippen LogP contribution in [0.2, 0.25) is 0 Å². The molecule has 0 aromatic carbocycles. The second kappa shape index (κ2) is 10.6. The first-order valence-corrected chi connectivity index (χ1v) is 6.54. The molecule has 0 radical (unpaired) electrons. The Labute approximate surface area is 134 Å². The Hall–Kier alpha value is 1.48. The van der Waals surface area contributed by atoms with Crippen LogP contribution in [0.3, 0.4) is 0 Å². The first-order valence-electron chi connectivity index (χ1n) is 5.07. The van der Waals surface area contributed by atoms with Gasteiger partial charge in [-0.3, -0.25) is 0 Å². The van der Waals surface area contributed by atoms with Crippen molar-refractivity contribution in [3.8, 4) is 0 Å². The molecule has 86 valence electrons. The van der Waals surface area contributed by atoms with E-state index in [0.717, 1.165) is 32.1 Å². The molecular formula is C9H18FKO3S. The zero-order valence-corrected chi connectivity index (χ0v) is 13.5. The van der Waals surface area contributed by atoms with Crippen LogP contribution >= 0.6 is 0 Å². The third kappa shape index (κ3) is 11.7. The topological polar surface area (TPSA) is 57.2 Å². The van der Waals surface area contributed by atoms with Crippen LogP contribution in [0, 0.1) is 0 Å². The van der Waals surface area contributed by atoms with Gasteiger partial charge in [0.25, 0.3) is 0 Å². The molecule has 1 atom stereocenters. The van der Waals surface area contributed by atoms with Crippen molar-refractivity contribution in [2.75, 3.05) is 0 Å². The fourth-order valence-electron chi connectivity index (χ4n) is 1.23. The molecule has 0 saturated carbocycles. The molecule has 0 amide bonds. The normalized spacial score (nSPS) is 13.3. The smallest absolute Gasteiger partial charge is 0.746 e. The van der Waals surface area contributed by atoms with E-state index in [1.807, 2.05) is 0 Å². The predicted octanol–water partition coefficient (Wildman–Crippen LogP) is -0.418. The van der Waals surface area contributed by atoms with E-state index in [2.05, 4.69) is 6.92 Å². The molecule has 0 heterocycles. The van der Waals surface area contributed by atoms with E-state index in [0.29, 0.717) is 6.42 Å². The van der Waals surface area contributed by atoms with E-state index in [1.165, 1.54) is 0 Å². The molecule has 15 heavy (non-hydrogen) atoms. The maximum Gasteiger partial charge on any atom is 1.00 e. The number of rotatable bonds is 8. The van der Waals surface area contributed by atoms with Gasteiger partial charge in [0.15, 0.2) is 5.50 Å². The van der Waals surface area contributed by atoms with Crippen LogP contribution in [0.15, 0.2) is 0 Å². The Bertz CT molecular complexity index is 232. The minimum Gasteiger partial charge on any atom is -0.746 e. The maximum absolute atomic E-state index is 12.6. The van der Waals surface area contributed by atoms with Crippen molar-refractivity contribution >= 4 is 10.1 Å². The fourth-order valence-corrected chi connectivity index (χ4v) is 1.68. The number of hydrogen-bond donors (Lipinski definition) is 0. The minimum atomic E-state index is -4.72. The van der Waals surface area contributed by atoms with Crippen LogP contribution in [0.25, 0.3) is 0 Å². The quantitative estimate of drug-likeness (QED) is 0.340. The second-order valence-corrected chi connectivity index (χ2v) is 4.96. The first kappa shape index (κ1) is 18.8. The Morgan fingerprint density at radius 2 is 1.60 bits per heavy atom. The summed E-state index contributed by atoms with van der Waals surface area (Å²) >= 11 is 0. The van der Waals surface area contributed by atoms with E-state index < -0.39 is 15.6 Å². The van der Waals surface area contributed by atoms with Crippen LogP contribution in [-0.2, 0) is 10.1 Å². The summed E-state index contributed by atoms with van der Waals surface area (Å²) in [5, 5.41) is 0. The maximum atomic E-state index is 12.6. The molecule has 0 aliphatic rings. The van der Waals surface area contributed by atoms with Gasteiger partial charge in [-0.25, -0.2) is 12.8 Å². The Morgan fingerprint density at radius 1 is 1.13 bits per heavy atom. The fraction of sp³-hybridized carbons (Fsp3) is 1.00. The molecular weight excluding hydrogens is 246 g/mol. The summed E-state index contributed by atoms with van der Waals surface area (Å²) in [6, 6.07) is 0. The van der Waals surface area contributed by atoms with Gasteiger partial charge in [-0.05, 0) is 12.8 Å². The van der Waals surface area contributed by atoms with Crippen molar-refractivity contribution in [1.82, 2.24) is 0 Å². The molecule has 0 spiro atoms. The van der Waals surface area contributed by atoms with Crippen LogP contribution in [0.5, 0.6) is 0 Å². The van der Waals surface area contributed by atoms with Crippen LogP contribution in [0.1, 0.15) is 51.9 Å². The number of hydrogen-bond acceptors (Lipinski definition) is 3. The Morgan fingerprint density at radius 3 is 2.07 bits per heavy atom. The predicted molar refractivity (Wildman–Crippen MR) is 52.6 cm³/mol. The van der Waals surface area contributed by atoms with E-state index in [9.17, 15) is 17.4 Å². The molecule has 3 nitrogen and oxygen atoms in total. The molecule has 0 bridgehead atoms. The average Bonchev–Trinajstić information content (AvgIpc) is 2.09. The van der Waals surface area contributed by atoms with Gasteiger partial charge < -0.3 is 4.55 Å². The Balaban J connectivity index is 0. The number of unbranched alkanes of at least 4 members (excludes halogenated alkanes) is 5. The van der Waals surface area contributed by atoms with Crippen molar-refractivity contribution in [1.29, 1.82) is 0 Å². The standard InChI is InChI=1S/C9H19FO3S.K/c1-2-3-4-5-6-7-8-9(10)14(11,12)13;/h9H,2-8H2,1H3,(H,11,12,13);/q;+1/p-1. The van der Waals surface area contributed by atoms with Crippen molar-refractivity contribution in [3.05, 3.63) is 0 Å². The van der Waals surface area contributed by atoms with E-state index in [1.54, 1.807) is 0 Å². The molecule has 0 aromatic rings. The van der Waals surface area contributed by atoms with E-state index >= 15 is 0 Å².